The number of oxazole rings is 1. The van der Waals surface area contributed by atoms with Crippen molar-refractivity contribution in [2.75, 3.05) is 33.3 Å². The average Bonchev–Trinajstić information content (AvgIpc) is 3.96. The predicted octanol–water partition coefficient (Wildman–Crippen LogP) is 6.96. The smallest absolute Gasteiger partial charge is 0.307 e. The standard InChI is InChI=1S/C41H41N5O6/c1-24-29(6-4-7-30(24)40-43-35-19-25(18-34(42-2)38(35)52-40)20-45-16-14-27(22-45)41(48)49)31-8-5-9-33-32(31)11-12-36(33)51-37-13-10-26(39(44-37)50-3)21-46-17-15-28(47)23-46/h4-10,13,18-19,27-28,36,47H,11-12,14-17,20-23H2,1,3H3,(H,48,49)/t27-,28-,36-/m1/s1. The van der Waals surface area contributed by atoms with E-state index in [1.807, 2.05) is 36.4 Å². The summed E-state index contributed by atoms with van der Waals surface area (Å²) in [4.78, 5) is 29.1. The molecule has 2 aromatic heterocycles. The first-order valence-electron chi connectivity index (χ1n) is 17.9. The van der Waals surface area contributed by atoms with Crippen LogP contribution in [0.2, 0.25) is 0 Å². The monoisotopic (exact) mass is 699 g/mol. The van der Waals surface area contributed by atoms with Crippen LogP contribution in [0.25, 0.3) is 38.5 Å². The molecule has 2 aliphatic heterocycles. The van der Waals surface area contributed by atoms with E-state index in [0.717, 1.165) is 64.8 Å². The number of hydrogen-bond acceptors (Lipinski definition) is 9. The highest BCUT2D eigenvalue weighted by molar-refractivity contribution is 5.90. The Bertz CT molecular complexity index is 2210. The van der Waals surface area contributed by atoms with Gasteiger partial charge in [-0.2, -0.15) is 4.98 Å². The van der Waals surface area contributed by atoms with Gasteiger partial charge in [-0.25, -0.2) is 9.83 Å². The highest BCUT2D eigenvalue weighted by Crippen LogP contribution is 2.43. The number of hydrogen-bond donors (Lipinski definition) is 2. The van der Waals surface area contributed by atoms with Crippen molar-refractivity contribution >= 4 is 22.8 Å². The number of nitrogens with zero attached hydrogens (tertiary/aromatic N) is 5. The summed E-state index contributed by atoms with van der Waals surface area (Å²) in [5.41, 5.74) is 9.85. The SMILES string of the molecule is [C-]#[N+]c1cc(CN2CC[C@@H](C(=O)O)C2)cc2nc(-c3cccc(-c4cccc5c4CC[C@H]5Oc4ccc(CN5CC[C@@H](O)C5)c(OC)n4)c3C)oc12. The summed E-state index contributed by atoms with van der Waals surface area (Å²) >= 11 is 0. The maximum absolute atomic E-state index is 11.5. The van der Waals surface area contributed by atoms with E-state index in [9.17, 15) is 15.0 Å². The lowest BCUT2D eigenvalue weighted by Gasteiger charge is -2.19. The van der Waals surface area contributed by atoms with Crippen molar-refractivity contribution in [3.63, 3.8) is 0 Å². The van der Waals surface area contributed by atoms with E-state index >= 15 is 0 Å². The van der Waals surface area contributed by atoms with Gasteiger partial charge in [0.2, 0.25) is 23.3 Å². The first-order valence-corrected chi connectivity index (χ1v) is 17.9. The molecule has 0 radical (unpaired) electrons. The summed E-state index contributed by atoms with van der Waals surface area (Å²) in [6, 6.07) is 20.2. The van der Waals surface area contributed by atoms with E-state index in [4.69, 9.17) is 30.4 Å². The fourth-order valence-corrected chi connectivity index (χ4v) is 8.10. The molecule has 52 heavy (non-hydrogen) atoms. The van der Waals surface area contributed by atoms with E-state index in [2.05, 4.69) is 45.8 Å². The summed E-state index contributed by atoms with van der Waals surface area (Å²) in [5, 5.41) is 19.3. The van der Waals surface area contributed by atoms with Gasteiger partial charge in [-0.1, -0.05) is 30.3 Å². The molecule has 0 saturated carbocycles. The minimum Gasteiger partial charge on any atom is -0.481 e. The van der Waals surface area contributed by atoms with Crippen molar-refractivity contribution in [2.24, 2.45) is 5.92 Å². The molecular weight excluding hydrogens is 658 g/mol. The van der Waals surface area contributed by atoms with E-state index in [1.54, 1.807) is 7.11 Å². The number of carbonyl (C=O) groups is 1. The summed E-state index contributed by atoms with van der Waals surface area (Å²) < 4.78 is 18.4. The van der Waals surface area contributed by atoms with Crippen molar-refractivity contribution in [3.05, 3.63) is 99.9 Å². The average molecular weight is 700 g/mol. The largest absolute Gasteiger partial charge is 0.481 e. The summed E-state index contributed by atoms with van der Waals surface area (Å²) in [5.74, 6) is 0.400. The van der Waals surface area contributed by atoms with Crippen LogP contribution in [0.5, 0.6) is 11.8 Å². The number of ether oxygens (including phenoxy) is 2. The second kappa shape index (κ2) is 14.0. The second-order valence-electron chi connectivity index (χ2n) is 14.1. The molecule has 4 heterocycles. The van der Waals surface area contributed by atoms with Gasteiger partial charge in [0.15, 0.2) is 5.58 Å². The van der Waals surface area contributed by atoms with Gasteiger partial charge in [0.25, 0.3) is 0 Å². The zero-order valence-electron chi connectivity index (χ0n) is 29.3. The predicted molar refractivity (Wildman–Crippen MR) is 195 cm³/mol. The number of rotatable bonds is 10. The van der Waals surface area contributed by atoms with Crippen LogP contribution >= 0.6 is 0 Å². The van der Waals surface area contributed by atoms with Gasteiger partial charge >= 0.3 is 5.97 Å². The lowest BCUT2D eigenvalue weighted by molar-refractivity contribution is -0.141. The molecule has 5 aromatic rings. The number of β-amino-alcohol motifs (C(OH)–C–C–N with tert-alkyl or cyclic N) is 1. The Morgan fingerprint density at radius 3 is 2.54 bits per heavy atom. The van der Waals surface area contributed by atoms with Gasteiger partial charge in [0.1, 0.15) is 6.10 Å². The number of aliphatic hydroxyl groups is 1. The number of carboxylic acid groups (broad SMARTS) is 1. The molecule has 8 rings (SSSR count). The Morgan fingerprint density at radius 1 is 0.981 bits per heavy atom. The molecule has 0 spiro atoms. The van der Waals surface area contributed by atoms with E-state index < -0.39 is 5.97 Å². The number of methoxy groups -OCH3 is 1. The minimum absolute atomic E-state index is 0.149. The van der Waals surface area contributed by atoms with Crippen molar-refractivity contribution < 1.29 is 28.9 Å². The molecule has 0 bridgehead atoms. The maximum atomic E-state index is 11.5. The molecule has 11 heteroatoms. The summed E-state index contributed by atoms with van der Waals surface area (Å²) in [6.07, 6.45) is 2.66. The van der Waals surface area contributed by atoms with Crippen molar-refractivity contribution in [3.8, 4) is 34.3 Å². The third kappa shape index (κ3) is 6.50. The molecule has 0 amide bonds. The first-order chi connectivity index (χ1) is 25.3. The van der Waals surface area contributed by atoms with Crippen molar-refractivity contribution in [1.82, 2.24) is 19.8 Å². The zero-order chi connectivity index (χ0) is 35.9. The molecule has 2 saturated heterocycles. The van der Waals surface area contributed by atoms with E-state index in [-0.39, 0.29) is 18.1 Å². The van der Waals surface area contributed by atoms with Gasteiger partial charge in [-0.3, -0.25) is 14.6 Å². The zero-order valence-corrected chi connectivity index (χ0v) is 29.3. The number of fused-ring (bicyclic) bond motifs is 2. The topological polar surface area (TPSA) is 126 Å². The Labute approximate surface area is 302 Å². The third-order valence-electron chi connectivity index (χ3n) is 10.8. The maximum Gasteiger partial charge on any atom is 0.307 e. The number of aliphatic carboxylic acids is 1. The number of pyridine rings is 1. The number of aromatic nitrogens is 2. The Hall–Kier alpha value is -5.28. The molecule has 2 fully saturated rings. The highest BCUT2D eigenvalue weighted by Gasteiger charge is 2.30. The van der Waals surface area contributed by atoms with Crippen LogP contribution < -0.4 is 9.47 Å². The van der Waals surface area contributed by atoms with Crippen LogP contribution in [0.1, 0.15) is 53.2 Å². The fraction of sp³-hybridized carbons (Fsp3) is 0.366. The molecule has 266 valence electrons. The molecule has 2 N–H and O–H groups in total. The number of carboxylic acids is 1. The number of aliphatic hydroxyl groups excluding tert-OH is 1. The third-order valence-corrected chi connectivity index (χ3v) is 10.8. The second-order valence-corrected chi connectivity index (χ2v) is 14.1. The van der Waals surface area contributed by atoms with Gasteiger partial charge < -0.3 is 24.1 Å². The molecule has 3 aromatic carbocycles. The minimum atomic E-state index is -0.761. The van der Waals surface area contributed by atoms with E-state index in [0.29, 0.717) is 73.6 Å². The van der Waals surface area contributed by atoms with Gasteiger partial charge in [-0.15, -0.1) is 0 Å². The fourth-order valence-electron chi connectivity index (χ4n) is 8.10. The molecule has 3 aliphatic rings. The Balaban J connectivity index is 1.04. The van der Waals surface area contributed by atoms with Crippen molar-refractivity contribution in [1.29, 1.82) is 0 Å². The van der Waals surface area contributed by atoms with Crippen LogP contribution in [-0.4, -0.2) is 75.3 Å². The molecular formula is C41H41N5O6. The highest BCUT2D eigenvalue weighted by atomic mass is 16.5. The summed E-state index contributed by atoms with van der Waals surface area (Å²) in [6.45, 7) is 13.9. The normalized spacial score (nSPS) is 20.3. The quantitative estimate of drug-likeness (QED) is 0.148. The van der Waals surface area contributed by atoms with Crippen LogP contribution in [-0.2, 0) is 24.3 Å². The first kappa shape index (κ1) is 33.8. The van der Waals surface area contributed by atoms with Crippen LogP contribution in [0, 0.1) is 19.4 Å². The van der Waals surface area contributed by atoms with Gasteiger partial charge in [0, 0.05) is 49.9 Å². The molecule has 1 aliphatic carbocycles. The van der Waals surface area contributed by atoms with Crippen LogP contribution in [0.4, 0.5) is 5.69 Å². The molecule has 11 nitrogen and oxygen atoms in total. The number of likely N-dealkylation sites (tertiary alicyclic amines) is 2. The van der Waals surface area contributed by atoms with E-state index in [1.165, 1.54) is 5.56 Å². The lowest BCUT2D eigenvalue weighted by atomic mass is 9.91. The number of benzene rings is 3. The van der Waals surface area contributed by atoms with Crippen molar-refractivity contribution in [2.45, 2.75) is 57.9 Å². The Morgan fingerprint density at radius 2 is 1.77 bits per heavy atom. The Kier molecular flexibility index (Phi) is 9.13. The molecule has 3 atom stereocenters. The van der Waals surface area contributed by atoms with Crippen LogP contribution in [0.3, 0.4) is 0 Å². The summed E-state index contributed by atoms with van der Waals surface area (Å²) in [7, 11) is 1.62. The lowest BCUT2D eigenvalue weighted by Crippen LogP contribution is -2.22. The van der Waals surface area contributed by atoms with Gasteiger partial charge in [0.05, 0.1) is 31.2 Å². The van der Waals surface area contributed by atoms with Gasteiger partial charge in [-0.05, 0) is 96.8 Å². The van der Waals surface area contributed by atoms with Crippen LogP contribution in [0.15, 0.2) is 65.1 Å². The molecule has 0 unspecified atom stereocenters.